The Morgan fingerprint density at radius 1 is 1.00 bits per heavy atom. The van der Waals surface area contributed by atoms with Gasteiger partial charge in [0.05, 0.1) is 12.6 Å². The lowest BCUT2D eigenvalue weighted by molar-refractivity contribution is -0.124. The summed E-state index contributed by atoms with van der Waals surface area (Å²) in [5.74, 6) is -0.152. The zero-order valence-corrected chi connectivity index (χ0v) is 19.0. The molecule has 1 unspecified atom stereocenters. The molecule has 0 aliphatic carbocycles. The maximum absolute atomic E-state index is 12.3. The van der Waals surface area contributed by atoms with E-state index in [9.17, 15) is 9.59 Å². The first-order valence-electron chi connectivity index (χ1n) is 10.0. The molecule has 0 aliphatic heterocycles. The fourth-order valence-electron chi connectivity index (χ4n) is 2.43. The third-order valence-electron chi connectivity index (χ3n) is 3.98. The minimum Gasteiger partial charge on any atom is -0.444 e. The van der Waals surface area contributed by atoms with Crippen molar-refractivity contribution in [2.24, 2.45) is 5.73 Å². The maximum Gasteiger partial charge on any atom is 0.409 e. The molecule has 5 N–H and O–H groups in total. The molecular formula is C21H46N4O4. The standard InChI is InChI=1S/C20H42N4O4.CH4/c1-18(2,3)28-17(26)24-20(6,7)27-14-12-19(4,5)23-16(25)15(21)11-9-10-13-22-8;/h15,22H,9-14,21H2,1-8H3,(H,23,25)(H,24,26);1H4. The smallest absolute Gasteiger partial charge is 0.409 e. The van der Waals surface area contributed by atoms with Crippen molar-refractivity contribution in [3.8, 4) is 0 Å². The van der Waals surface area contributed by atoms with Crippen LogP contribution in [0.2, 0.25) is 0 Å². The number of unbranched alkanes of at least 4 members (excludes halogenated alkanes) is 1. The SMILES string of the molecule is C.CNCCCCC(N)C(=O)NC(C)(C)CCOC(C)(C)NC(=O)OC(C)(C)C. The van der Waals surface area contributed by atoms with Crippen LogP contribution in [-0.2, 0) is 14.3 Å². The fraction of sp³-hybridized carbons (Fsp3) is 0.905. The Morgan fingerprint density at radius 3 is 2.10 bits per heavy atom. The number of nitrogens with one attached hydrogen (secondary N) is 3. The minimum absolute atomic E-state index is 0. The summed E-state index contributed by atoms with van der Waals surface area (Å²) in [5, 5.41) is 8.76. The zero-order chi connectivity index (χ0) is 22.0. The van der Waals surface area contributed by atoms with Crippen molar-refractivity contribution >= 4 is 12.0 Å². The number of ether oxygens (including phenoxy) is 2. The van der Waals surface area contributed by atoms with E-state index in [0.717, 1.165) is 19.4 Å². The molecule has 0 spiro atoms. The average molecular weight is 419 g/mol. The minimum atomic E-state index is -0.883. The van der Waals surface area contributed by atoms with Gasteiger partial charge in [-0.3, -0.25) is 10.1 Å². The third kappa shape index (κ3) is 16.1. The maximum atomic E-state index is 12.3. The molecule has 174 valence electrons. The number of hydrogen-bond donors (Lipinski definition) is 4. The molecule has 8 heteroatoms. The highest BCUT2D eigenvalue weighted by molar-refractivity contribution is 5.82. The van der Waals surface area contributed by atoms with E-state index < -0.39 is 29.0 Å². The Bertz CT molecular complexity index is 488. The highest BCUT2D eigenvalue weighted by atomic mass is 16.6. The zero-order valence-electron chi connectivity index (χ0n) is 19.0. The Labute approximate surface area is 178 Å². The summed E-state index contributed by atoms with van der Waals surface area (Å²) >= 11 is 0. The first-order chi connectivity index (χ1) is 12.7. The fourth-order valence-corrected chi connectivity index (χ4v) is 2.43. The Balaban J connectivity index is 0. The van der Waals surface area contributed by atoms with Crippen molar-refractivity contribution in [3.63, 3.8) is 0 Å². The molecule has 0 aromatic heterocycles. The molecule has 0 radical (unpaired) electrons. The Hall–Kier alpha value is -1.38. The van der Waals surface area contributed by atoms with Crippen molar-refractivity contribution in [3.05, 3.63) is 0 Å². The van der Waals surface area contributed by atoms with Gasteiger partial charge in [0.1, 0.15) is 11.3 Å². The second-order valence-electron chi connectivity index (χ2n) is 9.31. The van der Waals surface area contributed by atoms with E-state index >= 15 is 0 Å². The third-order valence-corrected chi connectivity index (χ3v) is 3.98. The van der Waals surface area contributed by atoms with Gasteiger partial charge < -0.3 is 25.8 Å². The number of alkyl carbamates (subject to hydrolysis) is 1. The van der Waals surface area contributed by atoms with Crippen molar-refractivity contribution < 1.29 is 19.1 Å². The van der Waals surface area contributed by atoms with E-state index in [1.807, 2.05) is 20.9 Å². The van der Waals surface area contributed by atoms with Gasteiger partial charge in [-0.15, -0.1) is 0 Å². The van der Waals surface area contributed by atoms with Crippen LogP contribution in [0.15, 0.2) is 0 Å². The van der Waals surface area contributed by atoms with Crippen LogP contribution in [0.3, 0.4) is 0 Å². The lowest BCUT2D eigenvalue weighted by atomic mass is 9.99. The van der Waals surface area contributed by atoms with Crippen molar-refractivity contribution in [1.29, 1.82) is 0 Å². The molecule has 1 atom stereocenters. The second-order valence-corrected chi connectivity index (χ2v) is 9.31. The highest BCUT2D eigenvalue weighted by Crippen LogP contribution is 2.14. The molecule has 0 rings (SSSR count). The molecule has 29 heavy (non-hydrogen) atoms. The number of hydrogen-bond acceptors (Lipinski definition) is 6. The molecule has 0 aliphatic rings. The van der Waals surface area contributed by atoms with E-state index in [1.165, 1.54) is 0 Å². The normalized spacial score (nSPS) is 13.3. The van der Waals surface area contributed by atoms with E-state index in [2.05, 4.69) is 16.0 Å². The summed E-state index contributed by atoms with van der Waals surface area (Å²) in [6.45, 7) is 14.0. The molecular weight excluding hydrogens is 372 g/mol. The van der Waals surface area contributed by atoms with Gasteiger partial charge >= 0.3 is 6.09 Å². The largest absolute Gasteiger partial charge is 0.444 e. The number of carbonyl (C=O) groups excluding carboxylic acids is 2. The average Bonchev–Trinajstić information content (AvgIpc) is 2.47. The van der Waals surface area contributed by atoms with Gasteiger partial charge in [-0.2, -0.15) is 0 Å². The Kier molecular flexibility index (Phi) is 13.4. The van der Waals surface area contributed by atoms with Crippen molar-refractivity contribution in [1.82, 2.24) is 16.0 Å². The van der Waals surface area contributed by atoms with Crippen LogP contribution in [-0.4, -0.2) is 55.1 Å². The van der Waals surface area contributed by atoms with Crippen LogP contribution in [0.1, 0.15) is 81.6 Å². The Morgan fingerprint density at radius 2 is 1.59 bits per heavy atom. The summed E-state index contributed by atoms with van der Waals surface area (Å²) in [6.07, 6.45) is 2.60. The van der Waals surface area contributed by atoms with Crippen LogP contribution in [0, 0.1) is 0 Å². The molecule has 0 fully saturated rings. The van der Waals surface area contributed by atoms with Gasteiger partial charge in [0.2, 0.25) is 5.91 Å². The van der Waals surface area contributed by atoms with E-state index in [1.54, 1.807) is 34.6 Å². The molecule has 0 saturated carbocycles. The quantitative estimate of drug-likeness (QED) is 0.286. The van der Waals surface area contributed by atoms with Gasteiger partial charge in [0, 0.05) is 5.54 Å². The van der Waals surface area contributed by atoms with Crippen LogP contribution < -0.4 is 21.7 Å². The molecule has 0 heterocycles. The highest BCUT2D eigenvalue weighted by Gasteiger charge is 2.28. The summed E-state index contributed by atoms with van der Waals surface area (Å²) in [5.41, 5.74) is 4.06. The monoisotopic (exact) mass is 418 g/mol. The summed E-state index contributed by atoms with van der Waals surface area (Å²) in [6, 6.07) is -0.512. The number of nitrogens with two attached hydrogens (primary N) is 1. The molecule has 0 aromatic rings. The summed E-state index contributed by atoms with van der Waals surface area (Å²) in [7, 11) is 1.90. The van der Waals surface area contributed by atoms with Crippen LogP contribution in [0.5, 0.6) is 0 Å². The van der Waals surface area contributed by atoms with Crippen LogP contribution in [0.25, 0.3) is 0 Å². The molecule has 0 saturated heterocycles. The predicted octanol–water partition coefficient (Wildman–Crippen LogP) is 2.90. The van der Waals surface area contributed by atoms with Gasteiger partial charge in [0.25, 0.3) is 0 Å². The van der Waals surface area contributed by atoms with Crippen molar-refractivity contribution in [2.45, 2.75) is 104 Å². The molecule has 0 bridgehead atoms. The number of rotatable bonds is 12. The van der Waals surface area contributed by atoms with Gasteiger partial charge in [-0.1, -0.05) is 13.8 Å². The lowest BCUT2D eigenvalue weighted by Gasteiger charge is -2.32. The first kappa shape index (κ1) is 29.8. The summed E-state index contributed by atoms with van der Waals surface area (Å²) in [4.78, 5) is 24.2. The van der Waals surface area contributed by atoms with Gasteiger partial charge in [0.15, 0.2) is 0 Å². The molecule has 2 amide bonds. The number of carbonyl (C=O) groups is 2. The second kappa shape index (κ2) is 13.0. The molecule has 0 aromatic carbocycles. The van der Waals surface area contributed by atoms with Crippen LogP contribution in [0.4, 0.5) is 4.79 Å². The van der Waals surface area contributed by atoms with E-state index in [4.69, 9.17) is 15.2 Å². The van der Waals surface area contributed by atoms with E-state index in [0.29, 0.717) is 19.4 Å². The first-order valence-corrected chi connectivity index (χ1v) is 10.0. The van der Waals surface area contributed by atoms with E-state index in [-0.39, 0.29) is 13.3 Å². The van der Waals surface area contributed by atoms with Crippen molar-refractivity contribution in [2.75, 3.05) is 20.2 Å². The predicted molar refractivity (Wildman–Crippen MR) is 119 cm³/mol. The lowest BCUT2D eigenvalue weighted by Crippen LogP contribution is -2.52. The van der Waals surface area contributed by atoms with Gasteiger partial charge in [-0.25, -0.2) is 4.79 Å². The van der Waals surface area contributed by atoms with Gasteiger partial charge in [-0.05, 0) is 81.3 Å². The molecule has 8 nitrogen and oxygen atoms in total. The number of amides is 2. The summed E-state index contributed by atoms with van der Waals surface area (Å²) < 4.78 is 11.0. The topological polar surface area (TPSA) is 115 Å². The van der Waals surface area contributed by atoms with Crippen LogP contribution >= 0.6 is 0 Å².